The van der Waals surface area contributed by atoms with Gasteiger partial charge < -0.3 is 10.8 Å². The Balaban J connectivity index is 2.41. The summed E-state index contributed by atoms with van der Waals surface area (Å²) in [5, 5.41) is 20.2. The van der Waals surface area contributed by atoms with E-state index < -0.39 is 0 Å². The van der Waals surface area contributed by atoms with E-state index in [4.69, 9.17) is 5.73 Å². The van der Waals surface area contributed by atoms with Crippen molar-refractivity contribution in [1.29, 1.82) is 0 Å². The Morgan fingerprint density at radius 3 is 2.38 bits per heavy atom. The lowest BCUT2D eigenvalue weighted by Gasteiger charge is -2.18. The first kappa shape index (κ1) is 10.3. The Bertz CT molecular complexity index is 486. The number of nitrogens with two attached hydrogens (primary N) is 1. The van der Waals surface area contributed by atoms with E-state index in [0.717, 1.165) is 5.06 Å². The highest BCUT2D eigenvalue weighted by atomic mass is 16.5. The van der Waals surface area contributed by atoms with Gasteiger partial charge in [0, 0.05) is 6.07 Å². The second-order valence-corrected chi connectivity index (χ2v) is 3.39. The maximum Gasteiger partial charge on any atom is 0.117 e. The van der Waals surface area contributed by atoms with Crippen molar-refractivity contribution in [1.82, 2.24) is 0 Å². The molecule has 0 aliphatic rings. The van der Waals surface area contributed by atoms with E-state index in [-0.39, 0.29) is 5.75 Å². The molecule has 82 valence electrons. The zero-order chi connectivity index (χ0) is 11.5. The summed E-state index contributed by atoms with van der Waals surface area (Å²) in [6.07, 6.45) is 0. The van der Waals surface area contributed by atoms with E-state index in [2.05, 4.69) is 0 Å². The van der Waals surface area contributed by atoms with Crippen LogP contribution >= 0.6 is 0 Å². The quantitative estimate of drug-likeness (QED) is 0.410. The number of aromatic hydroxyl groups is 1. The molecule has 0 heterocycles. The maximum atomic E-state index is 9.94. The fourth-order valence-electron chi connectivity index (χ4n) is 1.42. The van der Waals surface area contributed by atoms with Crippen LogP contribution in [0.3, 0.4) is 0 Å². The molecule has 0 radical (unpaired) electrons. The van der Waals surface area contributed by atoms with Crippen LogP contribution in [0.5, 0.6) is 5.75 Å². The van der Waals surface area contributed by atoms with Crippen LogP contribution in [-0.4, -0.2) is 10.3 Å². The molecule has 0 saturated heterocycles. The van der Waals surface area contributed by atoms with Gasteiger partial charge in [0.05, 0.1) is 17.1 Å². The van der Waals surface area contributed by atoms with Gasteiger partial charge in [-0.15, -0.1) is 0 Å². The molecule has 0 spiro atoms. The first-order chi connectivity index (χ1) is 7.68. The molecular formula is C12H12N2O2. The average Bonchev–Trinajstić information content (AvgIpc) is 2.32. The van der Waals surface area contributed by atoms with Gasteiger partial charge in [0.1, 0.15) is 5.75 Å². The smallest absolute Gasteiger partial charge is 0.117 e. The summed E-state index contributed by atoms with van der Waals surface area (Å²) in [5.41, 5.74) is 7.04. The third-order valence-corrected chi connectivity index (χ3v) is 2.24. The first-order valence-electron chi connectivity index (χ1n) is 4.81. The van der Waals surface area contributed by atoms with E-state index >= 15 is 0 Å². The average molecular weight is 216 g/mol. The first-order valence-corrected chi connectivity index (χ1v) is 4.81. The van der Waals surface area contributed by atoms with Crippen molar-refractivity contribution in [2.75, 3.05) is 10.8 Å². The summed E-state index contributed by atoms with van der Waals surface area (Å²) in [7, 11) is 0. The van der Waals surface area contributed by atoms with Crippen molar-refractivity contribution < 1.29 is 10.3 Å². The van der Waals surface area contributed by atoms with Gasteiger partial charge in [-0.1, -0.05) is 18.2 Å². The van der Waals surface area contributed by atoms with Gasteiger partial charge in [0.25, 0.3) is 0 Å². The number of phenols is 1. The Kier molecular flexibility index (Phi) is 2.66. The molecule has 2 rings (SSSR count). The van der Waals surface area contributed by atoms with Crippen molar-refractivity contribution >= 4 is 17.1 Å². The van der Waals surface area contributed by atoms with Crippen molar-refractivity contribution in [2.45, 2.75) is 0 Å². The van der Waals surface area contributed by atoms with Crippen molar-refractivity contribution in [2.24, 2.45) is 0 Å². The van der Waals surface area contributed by atoms with Gasteiger partial charge in [0.15, 0.2) is 0 Å². The molecule has 4 N–H and O–H groups in total. The molecule has 0 fully saturated rings. The van der Waals surface area contributed by atoms with E-state index in [1.54, 1.807) is 24.3 Å². The Labute approximate surface area is 93.1 Å². The highest BCUT2D eigenvalue weighted by molar-refractivity contribution is 5.74. The summed E-state index contributed by atoms with van der Waals surface area (Å²) in [5.74, 6) is 0.0548. The van der Waals surface area contributed by atoms with E-state index in [1.807, 2.05) is 6.07 Å². The fourth-order valence-corrected chi connectivity index (χ4v) is 1.42. The largest absolute Gasteiger partial charge is 0.508 e. The molecule has 4 nitrogen and oxygen atoms in total. The van der Waals surface area contributed by atoms with Crippen LogP contribution in [0, 0.1) is 0 Å². The minimum atomic E-state index is 0.0548. The summed E-state index contributed by atoms with van der Waals surface area (Å²) in [6, 6.07) is 13.3. The highest BCUT2D eigenvalue weighted by Crippen LogP contribution is 2.31. The second-order valence-electron chi connectivity index (χ2n) is 3.39. The van der Waals surface area contributed by atoms with Crippen LogP contribution in [0.25, 0.3) is 0 Å². The number of nitrogen functional groups attached to an aromatic ring is 1. The molecule has 0 unspecified atom stereocenters. The summed E-state index contributed by atoms with van der Waals surface area (Å²) in [4.78, 5) is 0. The van der Waals surface area contributed by atoms with E-state index in [9.17, 15) is 10.3 Å². The molecule has 0 aliphatic heterocycles. The number of nitrogens with zero attached hydrogens (tertiary/aromatic N) is 1. The zero-order valence-electron chi connectivity index (χ0n) is 8.54. The molecule has 0 saturated carbocycles. The van der Waals surface area contributed by atoms with Crippen LogP contribution in [-0.2, 0) is 0 Å². The number of hydrogen-bond donors (Lipinski definition) is 3. The maximum absolute atomic E-state index is 9.94. The highest BCUT2D eigenvalue weighted by Gasteiger charge is 2.09. The second kappa shape index (κ2) is 4.12. The minimum Gasteiger partial charge on any atom is -0.508 e. The third kappa shape index (κ3) is 1.92. The Hall–Kier alpha value is -2.20. The summed E-state index contributed by atoms with van der Waals surface area (Å²) in [6.45, 7) is 0. The van der Waals surface area contributed by atoms with E-state index in [0.29, 0.717) is 17.1 Å². The lowest BCUT2D eigenvalue weighted by Crippen LogP contribution is -2.12. The van der Waals surface area contributed by atoms with E-state index in [1.165, 1.54) is 18.2 Å². The fraction of sp³-hybridized carbons (Fsp3) is 0. The van der Waals surface area contributed by atoms with Crippen molar-refractivity contribution in [3.8, 4) is 5.75 Å². The van der Waals surface area contributed by atoms with Crippen molar-refractivity contribution in [3.63, 3.8) is 0 Å². The number of phenolic OH excluding ortho intramolecular Hbond substituents is 1. The molecule has 2 aromatic carbocycles. The van der Waals surface area contributed by atoms with Gasteiger partial charge in [-0.05, 0) is 24.3 Å². The minimum absolute atomic E-state index is 0.0548. The van der Waals surface area contributed by atoms with Crippen LogP contribution in [0.4, 0.5) is 17.1 Å². The molecule has 0 bridgehead atoms. The molecule has 0 amide bonds. The van der Waals surface area contributed by atoms with Gasteiger partial charge in [-0.25, -0.2) is 5.06 Å². The van der Waals surface area contributed by atoms with Crippen LogP contribution in [0.1, 0.15) is 0 Å². The molecule has 2 aromatic rings. The number of rotatable bonds is 2. The zero-order valence-corrected chi connectivity index (χ0v) is 8.54. The Morgan fingerprint density at radius 1 is 1.00 bits per heavy atom. The number of hydrogen-bond acceptors (Lipinski definition) is 4. The molecule has 16 heavy (non-hydrogen) atoms. The normalized spacial score (nSPS) is 10.1. The molecule has 0 atom stereocenters. The standard InChI is InChI=1S/C12H12N2O2/c13-11-7-6-10(15)8-12(11)14(16)9-4-2-1-3-5-9/h1-8,15-16H,13H2. The molecular weight excluding hydrogens is 204 g/mol. The van der Waals surface area contributed by atoms with Crippen molar-refractivity contribution in [3.05, 3.63) is 48.5 Å². The number of benzene rings is 2. The van der Waals surface area contributed by atoms with Crippen LogP contribution in [0.15, 0.2) is 48.5 Å². The summed E-state index contributed by atoms with van der Waals surface area (Å²) < 4.78 is 0. The van der Waals surface area contributed by atoms with Gasteiger partial charge in [0.2, 0.25) is 0 Å². The summed E-state index contributed by atoms with van der Waals surface area (Å²) >= 11 is 0. The van der Waals surface area contributed by atoms with Gasteiger partial charge in [-0.2, -0.15) is 0 Å². The molecule has 0 aromatic heterocycles. The van der Waals surface area contributed by atoms with Crippen LogP contribution in [0.2, 0.25) is 0 Å². The lowest BCUT2D eigenvalue weighted by atomic mass is 10.2. The number of para-hydroxylation sites is 1. The third-order valence-electron chi connectivity index (χ3n) is 2.24. The molecule has 4 heteroatoms. The number of anilines is 3. The predicted octanol–water partition coefficient (Wildman–Crippen LogP) is 2.50. The molecule has 0 aliphatic carbocycles. The lowest BCUT2D eigenvalue weighted by molar-refractivity contribution is 0.301. The Morgan fingerprint density at radius 2 is 1.69 bits per heavy atom. The van der Waals surface area contributed by atoms with Gasteiger partial charge in [-0.3, -0.25) is 5.21 Å². The van der Waals surface area contributed by atoms with Gasteiger partial charge >= 0.3 is 0 Å². The SMILES string of the molecule is Nc1ccc(O)cc1N(O)c1ccccc1. The monoisotopic (exact) mass is 216 g/mol. The topological polar surface area (TPSA) is 69.7 Å². The van der Waals surface area contributed by atoms with Crippen LogP contribution < -0.4 is 10.8 Å². The predicted molar refractivity (Wildman–Crippen MR) is 62.9 cm³/mol.